The summed E-state index contributed by atoms with van der Waals surface area (Å²) in [6.07, 6.45) is 0.881. The summed E-state index contributed by atoms with van der Waals surface area (Å²) >= 11 is 6.06. The number of hydrogen-bond acceptors (Lipinski definition) is 3. The van der Waals surface area contributed by atoms with Crippen molar-refractivity contribution in [3.63, 3.8) is 0 Å². The van der Waals surface area contributed by atoms with Gasteiger partial charge in [-0.25, -0.2) is 4.98 Å². The molecule has 21 heavy (non-hydrogen) atoms. The summed E-state index contributed by atoms with van der Waals surface area (Å²) in [7, 11) is 1.93. The Morgan fingerprint density at radius 1 is 1.14 bits per heavy atom. The number of benzene rings is 1. The lowest BCUT2D eigenvalue weighted by atomic mass is 10.1. The van der Waals surface area contributed by atoms with Gasteiger partial charge in [-0.15, -0.1) is 0 Å². The van der Waals surface area contributed by atoms with E-state index in [0.29, 0.717) is 5.88 Å². The van der Waals surface area contributed by atoms with Gasteiger partial charge in [0.1, 0.15) is 5.75 Å². The van der Waals surface area contributed by atoms with Crippen LogP contribution in [0.5, 0.6) is 11.6 Å². The molecule has 0 aliphatic rings. The van der Waals surface area contributed by atoms with Gasteiger partial charge in [-0.3, -0.25) is 0 Å². The quantitative estimate of drug-likeness (QED) is 0.887. The SMILES string of the molecule is CCc1cc(CNC)cc(Oc2c(C)cc(Cl)cc2C)n1. The van der Waals surface area contributed by atoms with Crippen molar-refractivity contribution >= 4 is 11.6 Å². The van der Waals surface area contributed by atoms with Crippen LogP contribution in [0.25, 0.3) is 0 Å². The number of hydrogen-bond donors (Lipinski definition) is 1. The van der Waals surface area contributed by atoms with E-state index in [1.54, 1.807) is 0 Å². The van der Waals surface area contributed by atoms with E-state index in [-0.39, 0.29) is 0 Å². The standard InChI is InChI=1S/C17H21ClN2O/c1-5-15-8-13(10-19-4)9-16(20-15)21-17-11(2)6-14(18)7-12(17)3/h6-9,19H,5,10H2,1-4H3. The van der Waals surface area contributed by atoms with Crippen LogP contribution in [-0.2, 0) is 13.0 Å². The summed E-state index contributed by atoms with van der Waals surface area (Å²) < 4.78 is 6.03. The van der Waals surface area contributed by atoms with Crippen molar-refractivity contribution in [1.29, 1.82) is 0 Å². The first-order chi connectivity index (χ1) is 10.0. The van der Waals surface area contributed by atoms with Crippen LogP contribution >= 0.6 is 11.6 Å². The number of aryl methyl sites for hydroxylation is 3. The number of nitrogens with one attached hydrogen (secondary N) is 1. The number of nitrogens with zero attached hydrogens (tertiary/aromatic N) is 1. The van der Waals surface area contributed by atoms with Crippen molar-refractivity contribution < 1.29 is 4.74 Å². The van der Waals surface area contributed by atoms with Crippen molar-refractivity contribution in [1.82, 2.24) is 10.3 Å². The molecule has 0 atom stereocenters. The molecule has 1 heterocycles. The third-order valence-corrected chi connectivity index (χ3v) is 3.51. The molecule has 0 saturated carbocycles. The van der Waals surface area contributed by atoms with Gasteiger partial charge in [0.2, 0.25) is 5.88 Å². The van der Waals surface area contributed by atoms with E-state index in [4.69, 9.17) is 16.3 Å². The minimum Gasteiger partial charge on any atom is -0.438 e. The van der Waals surface area contributed by atoms with Crippen LogP contribution in [-0.4, -0.2) is 12.0 Å². The molecule has 1 N–H and O–H groups in total. The normalized spacial score (nSPS) is 10.7. The Labute approximate surface area is 131 Å². The zero-order chi connectivity index (χ0) is 15.4. The van der Waals surface area contributed by atoms with Gasteiger partial charge in [0, 0.05) is 23.3 Å². The highest BCUT2D eigenvalue weighted by Gasteiger charge is 2.09. The second kappa shape index (κ2) is 6.92. The molecule has 0 aliphatic heterocycles. The van der Waals surface area contributed by atoms with Gasteiger partial charge in [0.25, 0.3) is 0 Å². The maximum absolute atomic E-state index is 6.06. The molecule has 0 spiro atoms. The summed E-state index contributed by atoms with van der Waals surface area (Å²) in [6.45, 7) is 6.87. The predicted molar refractivity (Wildman–Crippen MR) is 87.4 cm³/mol. The van der Waals surface area contributed by atoms with E-state index in [1.165, 1.54) is 5.56 Å². The Hall–Kier alpha value is -1.58. The van der Waals surface area contributed by atoms with Crippen LogP contribution < -0.4 is 10.1 Å². The van der Waals surface area contributed by atoms with Crippen molar-refractivity contribution in [2.24, 2.45) is 0 Å². The Morgan fingerprint density at radius 3 is 2.38 bits per heavy atom. The summed E-state index contributed by atoms with van der Waals surface area (Å²) in [5, 5.41) is 3.88. The van der Waals surface area contributed by atoms with Crippen LogP contribution in [0.2, 0.25) is 5.02 Å². The van der Waals surface area contributed by atoms with E-state index < -0.39 is 0 Å². The molecule has 1 aromatic heterocycles. The van der Waals surface area contributed by atoms with Crippen molar-refractivity contribution in [3.05, 3.63) is 51.7 Å². The number of halogens is 1. The van der Waals surface area contributed by atoms with Crippen LogP contribution in [0.4, 0.5) is 0 Å². The van der Waals surface area contributed by atoms with Crippen molar-refractivity contribution in [3.8, 4) is 11.6 Å². The van der Waals surface area contributed by atoms with E-state index in [2.05, 4.69) is 23.3 Å². The highest BCUT2D eigenvalue weighted by Crippen LogP contribution is 2.31. The van der Waals surface area contributed by atoms with Crippen LogP contribution in [0.15, 0.2) is 24.3 Å². The lowest BCUT2D eigenvalue weighted by molar-refractivity contribution is 0.453. The van der Waals surface area contributed by atoms with Crippen molar-refractivity contribution in [2.75, 3.05) is 7.05 Å². The third-order valence-electron chi connectivity index (χ3n) is 3.29. The molecule has 1 aromatic carbocycles. The Balaban J connectivity index is 2.37. The summed E-state index contributed by atoms with van der Waals surface area (Å²) in [5.41, 5.74) is 4.23. The second-order valence-electron chi connectivity index (χ2n) is 5.16. The van der Waals surface area contributed by atoms with Gasteiger partial charge in [-0.1, -0.05) is 18.5 Å². The minimum atomic E-state index is 0.633. The fourth-order valence-electron chi connectivity index (χ4n) is 2.32. The minimum absolute atomic E-state index is 0.633. The number of ether oxygens (including phenoxy) is 1. The van der Waals surface area contributed by atoms with Gasteiger partial charge in [-0.05, 0) is 62.2 Å². The predicted octanol–water partition coefficient (Wildman–Crippen LogP) is 4.43. The molecule has 0 aliphatic carbocycles. The topological polar surface area (TPSA) is 34.1 Å². The molecule has 2 aromatic rings. The van der Waals surface area contributed by atoms with Crippen LogP contribution in [0.1, 0.15) is 29.3 Å². The largest absolute Gasteiger partial charge is 0.438 e. The molecule has 0 bridgehead atoms. The first kappa shape index (κ1) is 15.8. The number of aromatic nitrogens is 1. The fourth-order valence-corrected chi connectivity index (χ4v) is 2.65. The highest BCUT2D eigenvalue weighted by molar-refractivity contribution is 6.30. The first-order valence-electron chi connectivity index (χ1n) is 7.12. The molecule has 0 unspecified atom stereocenters. The average molecular weight is 305 g/mol. The smallest absolute Gasteiger partial charge is 0.219 e. The third kappa shape index (κ3) is 3.96. The molecule has 0 amide bonds. The van der Waals surface area contributed by atoms with E-state index in [1.807, 2.05) is 39.1 Å². The Morgan fingerprint density at radius 2 is 1.81 bits per heavy atom. The summed E-state index contributed by atoms with van der Waals surface area (Å²) in [5.74, 6) is 1.46. The molecule has 0 fully saturated rings. The van der Waals surface area contributed by atoms with Gasteiger partial charge in [-0.2, -0.15) is 0 Å². The summed E-state index contributed by atoms with van der Waals surface area (Å²) in [4.78, 5) is 4.55. The van der Waals surface area contributed by atoms with Gasteiger partial charge in [0.05, 0.1) is 0 Å². The molecule has 4 heteroatoms. The van der Waals surface area contributed by atoms with Crippen LogP contribution in [0, 0.1) is 13.8 Å². The molecule has 3 nitrogen and oxygen atoms in total. The Kier molecular flexibility index (Phi) is 5.21. The molecule has 2 rings (SSSR count). The summed E-state index contributed by atoms with van der Waals surface area (Å²) in [6, 6.07) is 7.89. The average Bonchev–Trinajstić information content (AvgIpc) is 2.43. The molecule has 112 valence electrons. The highest BCUT2D eigenvalue weighted by atomic mass is 35.5. The van der Waals surface area contributed by atoms with E-state index in [9.17, 15) is 0 Å². The fraction of sp³-hybridized carbons (Fsp3) is 0.353. The molecular formula is C17H21ClN2O. The van der Waals surface area contributed by atoms with Crippen molar-refractivity contribution in [2.45, 2.75) is 33.7 Å². The number of rotatable bonds is 5. The Bertz CT molecular complexity index is 618. The second-order valence-corrected chi connectivity index (χ2v) is 5.60. The number of pyridine rings is 1. The lowest BCUT2D eigenvalue weighted by Crippen LogP contribution is -2.06. The molecule has 0 saturated heterocycles. The van der Waals surface area contributed by atoms with Gasteiger partial charge < -0.3 is 10.1 Å². The van der Waals surface area contributed by atoms with Gasteiger partial charge >= 0.3 is 0 Å². The van der Waals surface area contributed by atoms with E-state index >= 15 is 0 Å². The monoisotopic (exact) mass is 304 g/mol. The van der Waals surface area contributed by atoms with E-state index in [0.717, 1.165) is 40.6 Å². The maximum Gasteiger partial charge on any atom is 0.219 e. The maximum atomic E-state index is 6.06. The molecular weight excluding hydrogens is 284 g/mol. The molecule has 0 radical (unpaired) electrons. The van der Waals surface area contributed by atoms with Crippen LogP contribution in [0.3, 0.4) is 0 Å². The zero-order valence-corrected chi connectivity index (χ0v) is 13.7. The first-order valence-corrected chi connectivity index (χ1v) is 7.50. The zero-order valence-electron chi connectivity index (χ0n) is 13.0. The van der Waals surface area contributed by atoms with Gasteiger partial charge in [0.15, 0.2) is 0 Å². The lowest BCUT2D eigenvalue weighted by Gasteiger charge is -2.13.